The van der Waals surface area contributed by atoms with Gasteiger partial charge in [-0.05, 0) is 6.92 Å². The van der Waals surface area contributed by atoms with E-state index >= 15 is 0 Å². The van der Waals surface area contributed by atoms with Crippen molar-refractivity contribution in [3.63, 3.8) is 0 Å². The molecule has 0 saturated heterocycles. The first-order valence-corrected chi connectivity index (χ1v) is 7.77. The Labute approximate surface area is 121 Å². The minimum absolute atomic E-state index is 0.0103. The number of hydrogen-bond donors (Lipinski definition) is 2. The molecule has 0 fully saturated rings. The SMILES string of the molecule is CCN(C#N)C(=O)C(CS(C)(=O)=O)NC(=O)C=CC(=O)O. The van der Waals surface area contributed by atoms with E-state index in [9.17, 15) is 22.8 Å². The number of nitrogens with one attached hydrogen (secondary N) is 1. The normalized spacial score (nSPS) is 12.4. The van der Waals surface area contributed by atoms with Gasteiger partial charge in [-0.3, -0.25) is 9.59 Å². The number of sulfone groups is 1. The van der Waals surface area contributed by atoms with Crippen LogP contribution in [0.3, 0.4) is 0 Å². The van der Waals surface area contributed by atoms with Crippen molar-refractivity contribution < 1.29 is 27.9 Å². The van der Waals surface area contributed by atoms with E-state index in [4.69, 9.17) is 10.4 Å². The molecule has 0 bridgehead atoms. The summed E-state index contributed by atoms with van der Waals surface area (Å²) in [6.45, 7) is 1.52. The summed E-state index contributed by atoms with van der Waals surface area (Å²) in [4.78, 5) is 34.3. The summed E-state index contributed by atoms with van der Waals surface area (Å²) in [5.41, 5.74) is 0. The molecule has 21 heavy (non-hydrogen) atoms. The van der Waals surface area contributed by atoms with Crippen molar-refractivity contribution in [2.75, 3.05) is 18.6 Å². The van der Waals surface area contributed by atoms with Crippen LogP contribution in [0.25, 0.3) is 0 Å². The van der Waals surface area contributed by atoms with Gasteiger partial charge in [0.2, 0.25) is 5.91 Å². The van der Waals surface area contributed by atoms with E-state index in [2.05, 4.69) is 5.32 Å². The molecule has 0 aromatic rings. The lowest BCUT2D eigenvalue weighted by Crippen LogP contribution is -2.50. The average molecular weight is 317 g/mol. The van der Waals surface area contributed by atoms with Crippen LogP contribution in [0.2, 0.25) is 0 Å². The van der Waals surface area contributed by atoms with Gasteiger partial charge in [-0.15, -0.1) is 0 Å². The molecule has 10 heteroatoms. The second-order valence-electron chi connectivity index (χ2n) is 4.01. The fraction of sp³-hybridized carbons (Fsp3) is 0.455. The summed E-state index contributed by atoms with van der Waals surface area (Å²) < 4.78 is 22.6. The third-order valence-corrected chi connectivity index (χ3v) is 3.10. The van der Waals surface area contributed by atoms with Gasteiger partial charge in [0.15, 0.2) is 6.19 Å². The molecule has 1 unspecified atom stereocenters. The van der Waals surface area contributed by atoms with Gasteiger partial charge in [0, 0.05) is 25.0 Å². The number of aliphatic carboxylic acids is 1. The minimum Gasteiger partial charge on any atom is -0.478 e. The topological polar surface area (TPSA) is 145 Å². The zero-order valence-corrected chi connectivity index (χ0v) is 12.3. The van der Waals surface area contributed by atoms with Crippen LogP contribution in [-0.4, -0.2) is 60.8 Å². The Morgan fingerprint density at radius 2 is 1.95 bits per heavy atom. The highest BCUT2D eigenvalue weighted by atomic mass is 32.2. The number of nitrogens with zero attached hydrogens (tertiary/aromatic N) is 2. The summed E-state index contributed by atoms with van der Waals surface area (Å²) in [6, 6.07) is -1.47. The maximum Gasteiger partial charge on any atom is 0.328 e. The molecule has 0 radical (unpaired) electrons. The summed E-state index contributed by atoms with van der Waals surface area (Å²) >= 11 is 0. The Kier molecular flexibility index (Phi) is 7.09. The molecule has 0 aromatic carbocycles. The lowest BCUT2D eigenvalue weighted by Gasteiger charge is -2.20. The van der Waals surface area contributed by atoms with E-state index < -0.39 is 39.4 Å². The average Bonchev–Trinajstić information content (AvgIpc) is 2.35. The van der Waals surface area contributed by atoms with Gasteiger partial charge < -0.3 is 10.4 Å². The molecule has 0 aliphatic carbocycles. The molecule has 2 N–H and O–H groups in total. The van der Waals surface area contributed by atoms with Crippen molar-refractivity contribution in [3.05, 3.63) is 12.2 Å². The first kappa shape index (κ1) is 18.6. The highest BCUT2D eigenvalue weighted by Crippen LogP contribution is 1.99. The molecule has 0 spiro atoms. The predicted molar refractivity (Wildman–Crippen MR) is 71.4 cm³/mol. The monoisotopic (exact) mass is 317 g/mol. The van der Waals surface area contributed by atoms with Gasteiger partial charge in [0.25, 0.3) is 5.91 Å². The Morgan fingerprint density at radius 3 is 2.33 bits per heavy atom. The molecule has 0 heterocycles. The van der Waals surface area contributed by atoms with Crippen LogP contribution in [0, 0.1) is 11.5 Å². The standard InChI is InChI=1S/C11H15N3O6S/c1-3-14(7-12)11(18)8(6-21(2,19)20)13-9(15)4-5-10(16)17/h4-5,8H,3,6H2,1-2H3,(H,13,15)(H,16,17). The fourth-order valence-corrected chi connectivity index (χ4v) is 2.14. The minimum atomic E-state index is -3.61. The van der Waals surface area contributed by atoms with E-state index in [1.54, 1.807) is 6.19 Å². The van der Waals surface area contributed by atoms with Crippen molar-refractivity contribution in [2.24, 2.45) is 0 Å². The van der Waals surface area contributed by atoms with Crippen LogP contribution in [0.1, 0.15) is 6.92 Å². The number of carboxylic acids is 1. The largest absolute Gasteiger partial charge is 0.478 e. The zero-order chi connectivity index (χ0) is 16.6. The van der Waals surface area contributed by atoms with Crippen molar-refractivity contribution in [3.8, 4) is 6.19 Å². The summed E-state index contributed by atoms with van der Waals surface area (Å²) in [7, 11) is -3.61. The van der Waals surface area contributed by atoms with Gasteiger partial charge in [-0.1, -0.05) is 0 Å². The number of carbonyl (C=O) groups is 3. The number of carbonyl (C=O) groups excluding carboxylic acids is 2. The zero-order valence-electron chi connectivity index (χ0n) is 11.4. The predicted octanol–water partition coefficient (Wildman–Crippen LogP) is -1.51. The second-order valence-corrected chi connectivity index (χ2v) is 6.19. The molecule has 0 aliphatic heterocycles. The molecule has 0 saturated carbocycles. The molecule has 0 aliphatic rings. The van der Waals surface area contributed by atoms with E-state index in [1.165, 1.54) is 6.92 Å². The lowest BCUT2D eigenvalue weighted by molar-refractivity contribution is -0.132. The lowest BCUT2D eigenvalue weighted by atomic mass is 10.2. The highest BCUT2D eigenvalue weighted by Gasteiger charge is 2.28. The van der Waals surface area contributed by atoms with Crippen molar-refractivity contribution >= 4 is 27.6 Å². The maximum absolute atomic E-state index is 11.9. The summed E-state index contributed by atoms with van der Waals surface area (Å²) in [5.74, 6) is -3.91. The van der Waals surface area contributed by atoms with Crippen LogP contribution in [0.15, 0.2) is 12.2 Å². The summed E-state index contributed by atoms with van der Waals surface area (Å²) in [6.07, 6.45) is 3.62. The second kappa shape index (κ2) is 8.01. The molecular weight excluding hydrogens is 302 g/mol. The molecule has 0 rings (SSSR count). The Balaban J connectivity index is 5.17. The van der Waals surface area contributed by atoms with Gasteiger partial charge >= 0.3 is 5.97 Å². The smallest absolute Gasteiger partial charge is 0.328 e. The molecule has 0 aromatic heterocycles. The van der Waals surface area contributed by atoms with Crippen molar-refractivity contribution in [1.29, 1.82) is 5.26 Å². The van der Waals surface area contributed by atoms with Crippen molar-refractivity contribution in [1.82, 2.24) is 10.2 Å². The first-order chi connectivity index (χ1) is 9.60. The quantitative estimate of drug-likeness (QED) is 0.330. The van der Waals surface area contributed by atoms with E-state index in [1.807, 2.05) is 0 Å². The van der Waals surface area contributed by atoms with Crippen LogP contribution in [0.4, 0.5) is 0 Å². The first-order valence-electron chi connectivity index (χ1n) is 5.71. The van der Waals surface area contributed by atoms with Gasteiger partial charge in [-0.2, -0.15) is 5.26 Å². The van der Waals surface area contributed by atoms with E-state index in [-0.39, 0.29) is 6.54 Å². The fourth-order valence-electron chi connectivity index (χ4n) is 1.31. The Bertz CT molecular complexity index is 590. The molecule has 1 atom stereocenters. The number of carboxylic acid groups (broad SMARTS) is 1. The van der Waals surface area contributed by atoms with Gasteiger partial charge in [-0.25, -0.2) is 18.1 Å². The Hall–Kier alpha value is -2.41. The molecular formula is C11H15N3O6S. The number of amides is 2. The Morgan fingerprint density at radius 1 is 1.38 bits per heavy atom. The molecule has 9 nitrogen and oxygen atoms in total. The van der Waals surface area contributed by atoms with E-state index in [0.717, 1.165) is 6.26 Å². The third kappa shape index (κ3) is 7.68. The van der Waals surface area contributed by atoms with E-state index in [0.29, 0.717) is 17.1 Å². The van der Waals surface area contributed by atoms with Crippen LogP contribution >= 0.6 is 0 Å². The van der Waals surface area contributed by atoms with Gasteiger partial charge in [0.05, 0.1) is 5.75 Å². The van der Waals surface area contributed by atoms with Crippen LogP contribution in [-0.2, 0) is 24.2 Å². The molecule has 116 valence electrons. The van der Waals surface area contributed by atoms with Crippen LogP contribution in [0.5, 0.6) is 0 Å². The number of likely N-dealkylation sites (N-methyl/N-ethyl adjacent to an activating group) is 1. The maximum atomic E-state index is 11.9. The number of hydrogen-bond acceptors (Lipinski definition) is 6. The number of rotatable bonds is 7. The van der Waals surface area contributed by atoms with Crippen LogP contribution < -0.4 is 5.32 Å². The number of nitriles is 1. The van der Waals surface area contributed by atoms with Crippen molar-refractivity contribution in [2.45, 2.75) is 13.0 Å². The summed E-state index contributed by atoms with van der Waals surface area (Å²) in [5, 5.41) is 19.2. The van der Waals surface area contributed by atoms with Gasteiger partial charge in [0.1, 0.15) is 15.9 Å². The highest BCUT2D eigenvalue weighted by molar-refractivity contribution is 7.90. The third-order valence-electron chi connectivity index (χ3n) is 2.16. The molecule has 2 amide bonds.